The molecule has 3 nitrogen and oxygen atoms in total. The lowest BCUT2D eigenvalue weighted by molar-refractivity contribution is -0.137. The number of nitrogens with zero attached hydrogens (tertiary/aromatic N) is 1. The first-order valence-corrected chi connectivity index (χ1v) is 3.42. The Morgan fingerprint density at radius 3 is 2.46 bits per heavy atom. The fraction of sp³-hybridized carbons (Fsp3) is 0.167. The second kappa shape index (κ2) is 2.95. The molecule has 0 aromatic carbocycles. The molecule has 7 heteroatoms. The van der Waals surface area contributed by atoms with Crippen LogP contribution in [0.1, 0.15) is 5.56 Å². The Balaban J connectivity index is 3.35. The molecule has 0 bridgehead atoms. The van der Waals surface area contributed by atoms with Gasteiger partial charge in [0.05, 0.1) is 11.3 Å². The van der Waals surface area contributed by atoms with Crippen molar-refractivity contribution in [3.63, 3.8) is 0 Å². The van der Waals surface area contributed by atoms with Gasteiger partial charge in [-0.3, -0.25) is 0 Å². The molecule has 0 fully saturated rings. The van der Waals surface area contributed by atoms with E-state index in [4.69, 9.17) is 22.4 Å². The van der Waals surface area contributed by atoms with E-state index in [0.29, 0.717) is 6.20 Å². The van der Waals surface area contributed by atoms with Crippen LogP contribution < -0.4 is 5.73 Å². The molecule has 72 valence electrons. The summed E-state index contributed by atoms with van der Waals surface area (Å²) < 4.78 is 36.3. The summed E-state index contributed by atoms with van der Waals surface area (Å²) in [5.74, 6) is -0.716. The molecule has 13 heavy (non-hydrogen) atoms. The number of halogens is 4. The zero-order valence-electron chi connectivity index (χ0n) is 6.06. The van der Waals surface area contributed by atoms with Gasteiger partial charge in [-0.1, -0.05) is 11.6 Å². The summed E-state index contributed by atoms with van der Waals surface area (Å²) in [7, 11) is 0. The number of rotatable bonds is 0. The van der Waals surface area contributed by atoms with Crippen molar-refractivity contribution in [2.75, 3.05) is 5.73 Å². The van der Waals surface area contributed by atoms with Gasteiger partial charge in [0.25, 0.3) is 0 Å². The Labute approximate surface area is 75.9 Å². The lowest BCUT2D eigenvalue weighted by Gasteiger charge is -2.10. The number of nitrogens with two attached hydrogens (primary N) is 1. The molecule has 0 aliphatic carbocycles. The number of nitrogen functional groups attached to an aromatic ring is 1. The molecule has 1 heterocycles. The molecule has 1 aromatic rings. The van der Waals surface area contributed by atoms with E-state index in [2.05, 4.69) is 4.98 Å². The van der Waals surface area contributed by atoms with Gasteiger partial charge in [-0.25, -0.2) is 4.98 Å². The minimum Gasteiger partial charge on any atom is -0.492 e. The number of aromatic nitrogens is 1. The maximum atomic E-state index is 12.1. The molecule has 0 saturated heterocycles. The Morgan fingerprint density at radius 2 is 2.00 bits per heavy atom. The standard InChI is InChI=1S/C6H4ClF3N2O/c7-3-4(11)2(6(8,9)10)1-12-5(3)13/h1H,(H3,11,12,13). The predicted octanol–water partition coefficient (Wildman–Crippen LogP) is 2.04. The average molecular weight is 213 g/mol. The van der Waals surface area contributed by atoms with E-state index >= 15 is 0 Å². The summed E-state index contributed by atoms with van der Waals surface area (Å²) >= 11 is 5.25. The molecular weight excluding hydrogens is 209 g/mol. The summed E-state index contributed by atoms with van der Waals surface area (Å²) in [6, 6.07) is 0. The third-order valence-electron chi connectivity index (χ3n) is 1.34. The van der Waals surface area contributed by atoms with Crippen molar-refractivity contribution < 1.29 is 18.3 Å². The lowest BCUT2D eigenvalue weighted by Crippen LogP contribution is -2.09. The first-order valence-electron chi connectivity index (χ1n) is 3.04. The average Bonchev–Trinajstić information content (AvgIpc) is 1.98. The monoisotopic (exact) mass is 212 g/mol. The summed E-state index contributed by atoms with van der Waals surface area (Å²) in [5, 5.41) is 8.21. The van der Waals surface area contributed by atoms with Crippen molar-refractivity contribution in [3.05, 3.63) is 16.8 Å². The van der Waals surface area contributed by atoms with Crippen LogP contribution in [0.3, 0.4) is 0 Å². The van der Waals surface area contributed by atoms with Crippen LogP contribution in [0.15, 0.2) is 6.20 Å². The number of aromatic hydroxyl groups is 1. The van der Waals surface area contributed by atoms with Gasteiger partial charge in [0, 0.05) is 6.20 Å². The van der Waals surface area contributed by atoms with Crippen LogP contribution in [0.25, 0.3) is 0 Å². The van der Waals surface area contributed by atoms with Crippen LogP contribution >= 0.6 is 11.6 Å². The van der Waals surface area contributed by atoms with Crippen molar-refractivity contribution in [2.45, 2.75) is 6.18 Å². The molecule has 0 atom stereocenters. The van der Waals surface area contributed by atoms with E-state index in [0.717, 1.165) is 0 Å². The van der Waals surface area contributed by atoms with Gasteiger partial charge in [-0.15, -0.1) is 0 Å². The van der Waals surface area contributed by atoms with Gasteiger partial charge in [-0.05, 0) is 0 Å². The Kier molecular flexibility index (Phi) is 2.25. The first-order chi connectivity index (χ1) is 5.84. The second-order valence-corrected chi connectivity index (χ2v) is 2.60. The molecule has 1 aromatic heterocycles. The smallest absolute Gasteiger partial charge is 0.419 e. The minimum atomic E-state index is -4.62. The Hall–Kier alpha value is -1.17. The second-order valence-electron chi connectivity index (χ2n) is 2.22. The molecule has 0 spiro atoms. The van der Waals surface area contributed by atoms with Crippen molar-refractivity contribution >= 4 is 17.3 Å². The van der Waals surface area contributed by atoms with Crippen LogP contribution in [-0.4, -0.2) is 10.1 Å². The van der Waals surface area contributed by atoms with Gasteiger partial charge < -0.3 is 10.8 Å². The number of alkyl halides is 3. The number of pyridine rings is 1. The van der Waals surface area contributed by atoms with Gasteiger partial charge >= 0.3 is 6.18 Å². The molecule has 0 aliphatic heterocycles. The predicted molar refractivity (Wildman–Crippen MR) is 40.3 cm³/mol. The van der Waals surface area contributed by atoms with Crippen LogP contribution in [0.5, 0.6) is 5.88 Å². The summed E-state index contributed by atoms with van der Waals surface area (Å²) in [4.78, 5) is 3.03. The summed E-state index contributed by atoms with van der Waals surface area (Å²) in [5.41, 5.74) is 3.14. The van der Waals surface area contributed by atoms with E-state index < -0.39 is 28.3 Å². The fourth-order valence-corrected chi connectivity index (χ4v) is 0.867. The minimum absolute atomic E-state index is 0.427. The van der Waals surface area contributed by atoms with Crippen molar-refractivity contribution in [2.24, 2.45) is 0 Å². The molecular formula is C6H4ClF3N2O. The van der Waals surface area contributed by atoms with Crippen LogP contribution in [0.4, 0.5) is 18.9 Å². The number of anilines is 1. The van der Waals surface area contributed by atoms with Gasteiger partial charge in [0.2, 0.25) is 5.88 Å². The van der Waals surface area contributed by atoms with Crippen LogP contribution in [0, 0.1) is 0 Å². The zero-order chi connectivity index (χ0) is 10.2. The van der Waals surface area contributed by atoms with E-state index in [9.17, 15) is 13.2 Å². The fourth-order valence-electron chi connectivity index (χ4n) is 0.716. The summed E-state index contributed by atoms with van der Waals surface area (Å²) in [6.07, 6.45) is -4.19. The molecule has 1 rings (SSSR count). The third-order valence-corrected chi connectivity index (χ3v) is 1.72. The topological polar surface area (TPSA) is 59.1 Å². The molecule has 0 aliphatic rings. The van der Waals surface area contributed by atoms with E-state index in [-0.39, 0.29) is 0 Å². The molecule has 0 unspecified atom stereocenters. The molecule has 0 saturated carbocycles. The maximum Gasteiger partial charge on any atom is 0.419 e. The normalized spacial score (nSPS) is 11.7. The lowest BCUT2D eigenvalue weighted by atomic mass is 10.2. The number of hydrogen-bond acceptors (Lipinski definition) is 3. The van der Waals surface area contributed by atoms with Gasteiger partial charge in [0.15, 0.2) is 0 Å². The highest BCUT2D eigenvalue weighted by Gasteiger charge is 2.34. The number of hydrogen-bond donors (Lipinski definition) is 2. The van der Waals surface area contributed by atoms with Gasteiger partial charge in [0.1, 0.15) is 5.02 Å². The highest BCUT2D eigenvalue weighted by molar-refractivity contribution is 6.34. The van der Waals surface area contributed by atoms with Gasteiger partial charge in [-0.2, -0.15) is 13.2 Å². The molecule has 0 amide bonds. The third kappa shape index (κ3) is 1.77. The first kappa shape index (κ1) is 9.91. The quantitative estimate of drug-likeness (QED) is 0.692. The van der Waals surface area contributed by atoms with Crippen LogP contribution in [0.2, 0.25) is 5.02 Å². The van der Waals surface area contributed by atoms with Crippen molar-refractivity contribution in [3.8, 4) is 5.88 Å². The Bertz CT molecular complexity index is 339. The van der Waals surface area contributed by atoms with E-state index in [1.807, 2.05) is 0 Å². The SMILES string of the molecule is Nc1c(C(F)(F)F)cnc(O)c1Cl. The van der Waals surface area contributed by atoms with E-state index in [1.54, 1.807) is 0 Å². The highest BCUT2D eigenvalue weighted by Crippen LogP contribution is 2.38. The van der Waals surface area contributed by atoms with E-state index in [1.165, 1.54) is 0 Å². The van der Waals surface area contributed by atoms with Crippen molar-refractivity contribution in [1.29, 1.82) is 0 Å². The summed E-state index contributed by atoms with van der Waals surface area (Å²) in [6.45, 7) is 0. The zero-order valence-corrected chi connectivity index (χ0v) is 6.82. The Morgan fingerprint density at radius 1 is 1.46 bits per heavy atom. The van der Waals surface area contributed by atoms with Crippen molar-refractivity contribution in [1.82, 2.24) is 4.98 Å². The highest BCUT2D eigenvalue weighted by atomic mass is 35.5. The molecule has 3 N–H and O–H groups in total. The largest absolute Gasteiger partial charge is 0.492 e. The maximum absolute atomic E-state index is 12.1. The molecule has 0 radical (unpaired) electrons. The van der Waals surface area contributed by atoms with Crippen LogP contribution in [-0.2, 0) is 6.18 Å².